The predicted molar refractivity (Wildman–Crippen MR) is 111 cm³/mol. The topological polar surface area (TPSA) is 140 Å². The molecule has 4 rings (SSSR count). The molecule has 172 valence electrons. The third-order valence-corrected chi connectivity index (χ3v) is 5.27. The summed E-state index contributed by atoms with van der Waals surface area (Å²) in [4.78, 5) is 16.4. The van der Waals surface area contributed by atoms with Crippen molar-refractivity contribution in [3.8, 4) is 6.07 Å². The van der Waals surface area contributed by atoms with Crippen molar-refractivity contribution in [2.24, 2.45) is 0 Å². The van der Waals surface area contributed by atoms with Gasteiger partial charge in [0.2, 0.25) is 5.60 Å². The lowest BCUT2D eigenvalue weighted by molar-refractivity contribution is -0.210. The number of amides is 1. The molecular weight excluding hydrogens is 418 g/mol. The Kier molecular flexibility index (Phi) is 5.17. The second-order valence-electron chi connectivity index (χ2n) is 9.44. The molecule has 2 aliphatic rings. The van der Waals surface area contributed by atoms with Crippen LogP contribution in [0.4, 0.5) is 10.6 Å². The Morgan fingerprint density at radius 2 is 2.06 bits per heavy atom. The van der Waals surface area contributed by atoms with E-state index in [9.17, 15) is 15.2 Å². The number of rotatable bonds is 3. The largest absolute Gasteiger partial charge is 0.444 e. The van der Waals surface area contributed by atoms with E-state index in [2.05, 4.69) is 21.5 Å². The van der Waals surface area contributed by atoms with E-state index in [1.54, 1.807) is 53.7 Å². The predicted octanol–water partition coefficient (Wildman–Crippen LogP) is 2.09. The molecule has 0 aliphatic carbocycles. The highest BCUT2D eigenvalue weighted by atomic mass is 16.8. The molecule has 0 bridgehead atoms. The molecule has 0 spiro atoms. The molecule has 1 amide bonds. The fourth-order valence-electron chi connectivity index (χ4n) is 4.13. The number of carbonyl (C=O) groups is 1. The lowest BCUT2D eigenvalue weighted by Gasteiger charge is -2.29. The summed E-state index contributed by atoms with van der Waals surface area (Å²) in [6.07, 6.45) is -2.57. The minimum Gasteiger partial charge on any atom is -0.444 e. The van der Waals surface area contributed by atoms with Crippen LogP contribution in [-0.4, -0.2) is 61.6 Å². The van der Waals surface area contributed by atoms with Gasteiger partial charge in [-0.05, 0) is 53.7 Å². The zero-order valence-electron chi connectivity index (χ0n) is 18.8. The van der Waals surface area contributed by atoms with Crippen LogP contribution in [0.3, 0.4) is 0 Å². The highest BCUT2D eigenvalue weighted by Gasteiger charge is 2.66. The molecule has 2 aromatic rings. The van der Waals surface area contributed by atoms with Crippen molar-refractivity contribution in [1.82, 2.24) is 14.6 Å². The van der Waals surface area contributed by atoms with Crippen molar-refractivity contribution < 1.29 is 28.8 Å². The average Bonchev–Trinajstić information content (AvgIpc) is 3.30. The van der Waals surface area contributed by atoms with Crippen LogP contribution < -0.4 is 5.32 Å². The summed E-state index contributed by atoms with van der Waals surface area (Å²) in [5.41, 5.74) is -1.49. The Hall–Kier alpha value is -2.78. The maximum absolute atomic E-state index is 12.2. The number of aliphatic hydroxyl groups excluding tert-OH is 1. The monoisotopic (exact) mass is 445 g/mol. The number of hydrogen-bond acceptors (Lipinski definition) is 9. The number of fused-ring (bicyclic) bond motifs is 2. The summed E-state index contributed by atoms with van der Waals surface area (Å²) in [5.74, 6) is -0.751. The third kappa shape index (κ3) is 3.69. The van der Waals surface area contributed by atoms with E-state index in [-0.39, 0.29) is 5.82 Å². The Morgan fingerprint density at radius 3 is 2.69 bits per heavy atom. The first-order chi connectivity index (χ1) is 14.9. The molecule has 0 saturated carbocycles. The SMILES string of the molecule is C[C@H](O)[C@H]1O[C@@](C#N)(c2ccc3c(NC(=O)OC(C)(C)C)ncnn23)[C@@H]2OC(C)(C)O[C@H]12. The highest BCUT2D eigenvalue weighted by Crippen LogP contribution is 2.49. The first-order valence-corrected chi connectivity index (χ1v) is 10.3. The summed E-state index contributed by atoms with van der Waals surface area (Å²) in [6, 6.07) is 5.54. The summed E-state index contributed by atoms with van der Waals surface area (Å²) in [7, 11) is 0. The number of anilines is 1. The van der Waals surface area contributed by atoms with Crippen LogP contribution in [0.2, 0.25) is 0 Å². The van der Waals surface area contributed by atoms with E-state index in [1.807, 2.05) is 0 Å². The van der Waals surface area contributed by atoms with Crippen LogP contribution in [0.1, 0.15) is 47.2 Å². The number of nitriles is 1. The van der Waals surface area contributed by atoms with Gasteiger partial charge in [-0.25, -0.2) is 14.3 Å². The van der Waals surface area contributed by atoms with E-state index in [0.29, 0.717) is 11.2 Å². The van der Waals surface area contributed by atoms with Gasteiger partial charge in [0.05, 0.1) is 11.8 Å². The lowest BCUT2D eigenvalue weighted by Crippen LogP contribution is -2.40. The molecule has 0 radical (unpaired) electrons. The Bertz CT molecular complexity index is 1080. The number of ether oxygens (including phenoxy) is 4. The number of aliphatic hydroxyl groups is 1. The van der Waals surface area contributed by atoms with Crippen LogP contribution in [0.5, 0.6) is 0 Å². The molecule has 4 heterocycles. The van der Waals surface area contributed by atoms with Crippen molar-refractivity contribution in [1.29, 1.82) is 5.26 Å². The zero-order valence-corrected chi connectivity index (χ0v) is 18.8. The molecule has 11 heteroatoms. The van der Waals surface area contributed by atoms with Crippen molar-refractivity contribution in [3.63, 3.8) is 0 Å². The molecule has 2 N–H and O–H groups in total. The van der Waals surface area contributed by atoms with Crippen LogP contribution in [0.25, 0.3) is 5.52 Å². The summed E-state index contributed by atoms with van der Waals surface area (Å²) >= 11 is 0. The van der Waals surface area contributed by atoms with Crippen LogP contribution in [0, 0.1) is 11.3 Å². The minimum atomic E-state index is -1.61. The Labute approximate surface area is 185 Å². The standard InChI is InChI=1S/C21H27N5O6/c1-11(27)14-15-16(31-20(5,6)29-15)21(9-22,30-14)13-8-7-12-17(23-10-24-26(12)13)25-18(28)32-19(2,3)4/h7-8,10-11,14-16,27H,1-6H3,(H,23,24,25,28)/t11-,14+,15+,16+,21-/m0/s1. The van der Waals surface area contributed by atoms with E-state index in [1.165, 1.54) is 10.8 Å². The van der Waals surface area contributed by atoms with Crippen molar-refractivity contribution in [2.75, 3.05) is 5.32 Å². The fourth-order valence-corrected chi connectivity index (χ4v) is 4.13. The van der Waals surface area contributed by atoms with Gasteiger partial charge in [-0.2, -0.15) is 10.4 Å². The number of carbonyl (C=O) groups excluding carboxylic acids is 1. The highest BCUT2D eigenvalue weighted by molar-refractivity contribution is 5.89. The maximum Gasteiger partial charge on any atom is 0.413 e. The number of hydrogen-bond donors (Lipinski definition) is 2. The molecule has 5 atom stereocenters. The third-order valence-electron chi connectivity index (χ3n) is 5.27. The van der Waals surface area contributed by atoms with Gasteiger partial charge in [0, 0.05) is 0 Å². The lowest BCUT2D eigenvalue weighted by atomic mass is 9.92. The van der Waals surface area contributed by atoms with Crippen LogP contribution >= 0.6 is 0 Å². The van der Waals surface area contributed by atoms with E-state index >= 15 is 0 Å². The smallest absolute Gasteiger partial charge is 0.413 e. The van der Waals surface area contributed by atoms with Crippen molar-refractivity contribution in [3.05, 3.63) is 24.2 Å². The van der Waals surface area contributed by atoms with Crippen molar-refractivity contribution >= 4 is 17.4 Å². The molecule has 2 aliphatic heterocycles. The zero-order chi connectivity index (χ0) is 23.5. The molecule has 2 fully saturated rings. The van der Waals surface area contributed by atoms with Gasteiger partial charge in [-0.15, -0.1) is 0 Å². The second-order valence-corrected chi connectivity index (χ2v) is 9.44. The normalized spacial score (nSPS) is 30.0. The number of nitrogens with zero attached hydrogens (tertiary/aromatic N) is 4. The number of aromatic nitrogens is 3. The molecule has 11 nitrogen and oxygen atoms in total. The number of nitrogens with one attached hydrogen (secondary N) is 1. The van der Waals surface area contributed by atoms with Gasteiger partial charge in [-0.1, -0.05) is 0 Å². The molecule has 0 unspecified atom stereocenters. The van der Waals surface area contributed by atoms with Gasteiger partial charge < -0.3 is 24.1 Å². The minimum absolute atomic E-state index is 0.208. The van der Waals surface area contributed by atoms with Gasteiger partial charge in [0.25, 0.3) is 0 Å². The Morgan fingerprint density at radius 1 is 1.34 bits per heavy atom. The summed E-state index contributed by atoms with van der Waals surface area (Å²) in [6.45, 7) is 10.3. The van der Waals surface area contributed by atoms with Gasteiger partial charge in [0.1, 0.15) is 41.8 Å². The van der Waals surface area contributed by atoms with Crippen LogP contribution in [0.15, 0.2) is 18.5 Å². The molecular formula is C21H27N5O6. The second kappa shape index (κ2) is 7.38. The Balaban J connectivity index is 1.76. The quantitative estimate of drug-likeness (QED) is 0.726. The van der Waals surface area contributed by atoms with E-state index < -0.39 is 47.5 Å². The summed E-state index contributed by atoms with van der Waals surface area (Å²) < 4.78 is 24.9. The van der Waals surface area contributed by atoms with E-state index in [4.69, 9.17) is 18.9 Å². The van der Waals surface area contributed by atoms with Crippen molar-refractivity contribution in [2.45, 2.75) is 82.9 Å². The molecule has 2 saturated heterocycles. The average molecular weight is 445 g/mol. The fraction of sp³-hybridized carbons (Fsp3) is 0.619. The molecule has 2 aromatic heterocycles. The molecule has 0 aromatic carbocycles. The first kappa shape index (κ1) is 22.4. The van der Waals surface area contributed by atoms with Crippen LogP contribution in [-0.2, 0) is 24.5 Å². The molecule has 32 heavy (non-hydrogen) atoms. The first-order valence-electron chi connectivity index (χ1n) is 10.3. The summed E-state index contributed by atoms with van der Waals surface area (Å²) in [5, 5.41) is 27.4. The maximum atomic E-state index is 12.2. The van der Waals surface area contributed by atoms with E-state index in [0.717, 1.165) is 0 Å². The van der Waals surface area contributed by atoms with Gasteiger partial charge >= 0.3 is 6.09 Å². The van der Waals surface area contributed by atoms with Gasteiger partial charge in [0.15, 0.2) is 11.6 Å². The van der Waals surface area contributed by atoms with Gasteiger partial charge in [-0.3, -0.25) is 5.32 Å².